The number of methoxy groups -OCH3 is 1. The van der Waals surface area contributed by atoms with E-state index >= 15 is 0 Å². The highest BCUT2D eigenvalue weighted by atomic mass is 16.5. The number of morpholine rings is 1. The van der Waals surface area contributed by atoms with Gasteiger partial charge in [0.15, 0.2) is 0 Å². The first-order chi connectivity index (χ1) is 9.48. The molecular weight excluding hydrogens is 256 g/mol. The van der Waals surface area contributed by atoms with E-state index in [1.54, 1.807) is 0 Å². The molecule has 4 unspecified atom stereocenters. The number of carbonyl (C=O) groups is 1. The first-order valence-corrected chi connectivity index (χ1v) is 7.71. The van der Waals surface area contributed by atoms with Crippen LogP contribution in [0.15, 0.2) is 0 Å². The number of nitrogens with zero attached hydrogens (tertiary/aromatic N) is 1. The zero-order chi connectivity index (χ0) is 14.8. The summed E-state index contributed by atoms with van der Waals surface area (Å²) in [6.07, 6.45) is 3.89. The van der Waals surface area contributed by atoms with Gasteiger partial charge in [0.05, 0.1) is 19.3 Å². The van der Waals surface area contributed by atoms with Crippen LogP contribution in [0.3, 0.4) is 0 Å². The van der Waals surface area contributed by atoms with Gasteiger partial charge in [-0.1, -0.05) is 6.92 Å². The summed E-state index contributed by atoms with van der Waals surface area (Å²) >= 11 is 0. The Labute approximate surface area is 122 Å². The zero-order valence-electron chi connectivity index (χ0n) is 13.1. The molecule has 2 fully saturated rings. The summed E-state index contributed by atoms with van der Waals surface area (Å²) in [5, 5.41) is 3.29. The molecule has 0 spiro atoms. The lowest BCUT2D eigenvalue weighted by Crippen LogP contribution is -2.56. The Morgan fingerprint density at radius 3 is 2.55 bits per heavy atom. The van der Waals surface area contributed by atoms with Gasteiger partial charge in [0.25, 0.3) is 0 Å². The largest absolute Gasteiger partial charge is 0.468 e. The molecule has 0 amide bonds. The average molecular weight is 284 g/mol. The molecule has 2 rings (SSSR count). The van der Waals surface area contributed by atoms with E-state index in [1.807, 2.05) is 13.8 Å². The molecular formula is C15H28N2O3. The van der Waals surface area contributed by atoms with Gasteiger partial charge in [-0.3, -0.25) is 9.69 Å². The summed E-state index contributed by atoms with van der Waals surface area (Å²) in [5.41, 5.74) is -0.611. The second-order valence-electron chi connectivity index (χ2n) is 6.32. The summed E-state index contributed by atoms with van der Waals surface area (Å²) in [6.45, 7) is 8.88. The van der Waals surface area contributed by atoms with E-state index in [0.29, 0.717) is 18.2 Å². The van der Waals surface area contributed by atoms with Crippen LogP contribution in [0.1, 0.15) is 40.0 Å². The number of nitrogens with one attached hydrogen (secondary N) is 1. The highest BCUT2D eigenvalue weighted by Gasteiger charge is 2.40. The van der Waals surface area contributed by atoms with E-state index < -0.39 is 5.54 Å². The van der Waals surface area contributed by atoms with Crippen LogP contribution in [0.25, 0.3) is 0 Å². The average Bonchev–Trinajstić information content (AvgIpc) is 2.76. The molecule has 0 aromatic rings. The van der Waals surface area contributed by atoms with Crippen LogP contribution in [-0.2, 0) is 14.3 Å². The second-order valence-corrected chi connectivity index (χ2v) is 6.32. The number of fused-ring (bicyclic) bond motifs is 2. The van der Waals surface area contributed by atoms with Crippen LogP contribution in [-0.4, -0.2) is 61.4 Å². The fourth-order valence-corrected chi connectivity index (χ4v) is 3.57. The molecule has 2 heterocycles. The molecule has 0 aromatic heterocycles. The lowest BCUT2D eigenvalue weighted by molar-refractivity contribution is -0.149. The lowest BCUT2D eigenvalue weighted by Gasteiger charge is -2.39. The fourth-order valence-electron chi connectivity index (χ4n) is 3.57. The molecule has 2 bridgehead atoms. The number of carbonyl (C=O) groups excluding carboxylic acids is 1. The van der Waals surface area contributed by atoms with Gasteiger partial charge in [0.2, 0.25) is 0 Å². The lowest BCUT2D eigenvalue weighted by atomic mass is 9.92. The van der Waals surface area contributed by atoms with E-state index in [9.17, 15) is 4.79 Å². The summed E-state index contributed by atoms with van der Waals surface area (Å²) in [4.78, 5) is 14.5. The van der Waals surface area contributed by atoms with E-state index in [1.165, 1.54) is 20.0 Å². The van der Waals surface area contributed by atoms with Crippen molar-refractivity contribution in [2.24, 2.45) is 0 Å². The van der Waals surface area contributed by atoms with Crippen molar-refractivity contribution >= 4 is 5.97 Å². The molecule has 2 aliphatic rings. The highest BCUT2D eigenvalue weighted by molar-refractivity contribution is 5.80. The number of ether oxygens (including phenoxy) is 2. The van der Waals surface area contributed by atoms with Crippen molar-refractivity contribution in [3.05, 3.63) is 0 Å². The molecule has 0 saturated carbocycles. The fraction of sp³-hybridized carbons (Fsp3) is 0.933. The second kappa shape index (κ2) is 6.41. The first-order valence-electron chi connectivity index (χ1n) is 7.71. The molecule has 1 N–H and O–H groups in total. The van der Waals surface area contributed by atoms with Crippen LogP contribution < -0.4 is 5.32 Å². The van der Waals surface area contributed by atoms with Crippen molar-refractivity contribution in [1.82, 2.24) is 10.2 Å². The predicted molar refractivity (Wildman–Crippen MR) is 77.6 cm³/mol. The predicted octanol–water partition coefficient (Wildman–Crippen LogP) is 1.17. The molecule has 5 heteroatoms. The SMILES string of the molecule is CCNC(C)(CC(C)N1CC2CCC(C1)O2)C(=O)OC. The number of hydrogen-bond donors (Lipinski definition) is 1. The standard InChI is InChI=1S/C15H28N2O3/c1-5-16-15(3,14(18)19-4)8-11(2)17-9-12-6-7-13(10-17)20-12/h11-13,16H,5-10H2,1-4H3. The van der Waals surface area contributed by atoms with E-state index in [2.05, 4.69) is 17.1 Å². The summed E-state index contributed by atoms with van der Waals surface area (Å²) in [6, 6.07) is 0.338. The van der Waals surface area contributed by atoms with E-state index in [-0.39, 0.29) is 5.97 Å². The molecule has 2 aliphatic heterocycles. The third-order valence-corrected chi connectivity index (χ3v) is 4.60. The molecule has 0 aromatic carbocycles. The van der Waals surface area contributed by atoms with Gasteiger partial charge in [0.1, 0.15) is 5.54 Å². The molecule has 2 saturated heterocycles. The minimum atomic E-state index is -0.611. The van der Waals surface area contributed by atoms with Crippen LogP contribution in [0.2, 0.25) is 0 Å². The number of rotatable bonds is 6. The summed E-state index contributed by atoms with van der Waals surface area (Å²) in [5.74, 6) is -0.178. The Hall–Kier alpha value is -0.650. The number of esters is 1. The van der Waals surface area contributed by atoms with Crippen molar-refractivity contribution in [1.29, 1.82) is 0 Å². The molecule has 116 valence electrons. The van der Waals surface area contributed by atoms with Crippen molar-refractivity contribution < 1.29 is 14.3 Å². The van der Waals surface area contributed by atoms with Crippen molar-refractivity contribution in [2.45, 2.75) is 63.8 Å². The van der Waals surface area contributed by atoms with Crippen molar-refractivity contribution in [2.75, 3.05) is 26.7 Å². The van der Waals surface area contributed by atoms with Crippen LogP contribution in [0, 0.1) is 0 Å². The van der Waals surface area contributed by atoms with E-state index in [0.717, 1.165) is 26.1 Å². The zero-order valence-corrected chi connectivity index (χ0v) is 13.1. The van der Waals surface area contributed by atoms with Gasteiger partial charge in [-0.2, -0.15) is 0 Å². The Kier molecular flexibility index (Phi) is 5.04. The smallest absolute Gasteiger partial charge is 0.325 e. The van der Waals surface area contributed by atoms with Crippen LogP contribution in [0.4, 0.5) is 0 Å². The first kappa shape index (κ1) is 15.7. The van der Waals surface area contributed by atoms with Gasteiger partial charge in [0, 0.05) is 19.1 Å². The van der Waals surface area contributed by atoms with Crippen molar-refractivity contribution in [3.8, 4) is 0 Å². The third kappa shape index (κ3) is 3.32. The number of hydrogen-bond acceptors (Lipinski definition) is 5. The van der Waals surface area contributed by atoms with Gasteiger partial charge >= 0.3 is 5.97 Å². The molecule has 0 radical (unpaired) electrons. The maximum atomic E-state index is 12.1. The Morgan fingerprint density at radius 1 is 1.45 bits per heavy atom. The maximum absolute atomic E-state index is 12.1. The van der Waals surface area contributed by atoms with Gasteiger partial charge in [-0.05, 0) is 39.7 Å². The quantitative estimate of drug-likeness (QED) is 0.742. The van der Waals surface area contributed by atoms with Crippen molar-refractivity contribution in [3.63, 3.8) is 0 Å². The van der Waals surface area contributed by atoms with Gasteiger partial charge < -0.3 is 14.8 Å². The summed E-state index contributed by atoms with van der Waals surface area (Å²) in [7, 11) is 1.46. The van der Waals surface area contributed by atoms with Gasteiger partial charge in [-0.15, -0.1) is 0 Å². The molecule has 20 heavy (non-hydrogen) atoms. The number of likely N-dealkylation sites (tertiary alicyclic amines) is 1. The topological polar surface area (TPSA) is 50.8 Å². The van der Waals surface area contributed by atoms with Crippen LogP contribution in [0.5, 0.6) is 0 Å². The Bertz CT molecular complexity index is 338. The minimum absolute atomic E-state index is 0.178. The Balaban J connectivity index is 1.97. The monoisotopic (exact) mass is 284 g/mol. The maximum Gasteiger partial charge on any atom is 0.325 e. The normalized spacial score (nSPS) is 30.8. The van der Waals surface area contributed by atoms with Gasteiger partial charge in [-0.25, -0.2) is 0 Å². The minimum Gasteiger partial charge on any atom is -0.468 e. The Morgan fingerprint density at radius 2 is 2.05 bits per heavy atom. The molecule has 5 nitrogen and oxygen atoms in total. The molecule has 0 aliphatic carbocycles. The summed E-state index contributed by atoms with van der Waals surface area (Å²) < 4.78 is 10.8. The van der Waals surface area contributed by atoms with E-state index in [4.69, 9.17) is 9.47 Å². The molecule has 4 atom stereocenters. The van der Waals surface area contributed by atoms with Crippen LogP contribution >= 0.6 is 0 Å². The highest BCUT2D eigenvalue weighted by Crippen LogP contribution is 2.29. The number of likely N-dealkylation sites (N-methyl/N-ethyl adjacent to an activating group) is 1. The third-order valence-electron chi connectivity index (χ3n) is 4.60.